The van der Waals surface area contributed by atoms with Crippen LogP contribution in [0, 0.1) is 5.92 Å². The highest BCUT2D eigenvalue weighted by atomic mass is 35.5. The number of hydrogen-bond donors (Lipinski definition) is 2. The van der Waals surface area contributed by atoms with Crippen LogP contribution in [0.2, 0.25) is 0 Å². The van der Waals surface area contributed by atoms with Crippen LogP contribution in [-0.2, 0) is 10.0 Å². The SMILES string of the molecule is CC1CCNCC1NS(=O)(=O)c1ccc2oc(=O)ccc2c1.Cl. The molecule has 2 atom stereocenters. The Bertz CT molecular complexity index is 850. The van der Waals surface area contributed by atoms with Gasteiger partial charge in [0.1, 0.15) is 5.58 Å². The molecular formula is C15H19ClN2O4S. The summed E-state index contributed by atoms with van der Waals surface area (Å²) in [5, 5.41) is 3.78. The van der Waals surface area contributed by atoms with Crippen molar-refractivity contribution in [3.05, 3.63) is 40.8 Å². The van der Waals surface area contributed by atoms with Crippen molar-refractivity contribution in [2.24, 2.45) is 5.92 Å². The van der Waals surface area contributed by atoms with Crippen LogP contribution in [0.5, 0.6) is 0 Å². The van der Waals surface area contributed by atoms with E-state index in [9.17, 15) is 13.2 Å². The van der Waals surface area contributed by atoms with Gasteiger partial charge in [0.2, 0.25) is 10.0 Å². The monoisotopic (exact) mass is 358 g/mol. The molecule has 0 bridgehead atoms. The highest BCUT2D eigenvalue weighted by molar-refractivity contribution is 7.89. The van der Waals surface area contributed by atoms with Gasteiger partial charge in [-0.2, -0.15) is 0 Å². The van der Waals surface area contributed by atoms with Crippen molar-refractivity contribution >= 4 is 33.4 Å². The van der Waals surface area contributed by atoms with Gasteiger partial charge in [0.15, 0.2) is 0 Å². The predicted octanol–water partition coefficient (Wildman–Crippen LogP) is 1.49. The molecule has 1 fully saturated rings. The predicted molar refractivity (Wildman–Crippen MR) is 90.5 cm³/mol. The van der Waals surface area contributed by atoms with Crippen molar-refractivity contribution < 1.29 is 12.8 Å². The molecule has 8 heteroatoms. The molecule has 2 N–H and O–H groups in total. The number of rotatable bonds is 3. The molecule has 0 radical (unpaired) electrons. The Hall–Kier alpha value is -1.41. The first kappa shape index (κ1) is 17.9. The first-order valence-corrected chi connectivity index (χ1v) is 8.71. The van der Waals surface area contributed by atoms with Gasteiger partial charge < -0.3 is 9.73 Å². The van der Waals surface area contributed by atoms with Crippen molar-refractivity contribution in [1.82, 2.24) is 10.0 Å². The number of piperidine rings is 1. The zero-order valence-corrected chi connectivity index (χ0v) is 14.2. The Kier molecular flexibility index (Phi) is 5.46. The summed E-state index contributed by atoms with van der Waals surface area (Å²) in [4.78, 5) is 11.3. The molecule has 126 valence electrons. The molecule has 3 rings (SSSR count). The Labute approximate surface area is 140 Å². The maximum atomic E-state index is 12.5. The molecule has 1 aromatic heterocycles. The molecule has 1 aromatic carbocycles. The summed E-state index contributed by atoms with van der Waals surface area (Å²) in [6.07, 6.45) is 0.941. The van der Waals surface area contributed by atoms with Gasteiger partial charge in [0, 0.05) is 24.0 Å². The highest BCUT2D eigenvalue weighted by Gasteiger charge is 2.26. The lowest BCUT2D eigenvalue weighted by molar-refractivity contribution is 0.327. The van der Waals surface area contributed by atoms with E-state index in [2.05, 4.69) is 10.0 Å². The quantitative estimate of drug-likeness (QED) is 0.811. The lowest BCUT2D eigenvalue weighted by Gasteiger charge is -2.29. The molecule has 2 unspecified atom stereocenters. The standard InChI is InChI=1S/C15H18N2O4S.ClH/c1-10-6-7-16-9-13(10)17-22(19,20)12-3-4-14-11(8-12)2-5-15(18)21-14;/h2-5,8,10,13,16-17H,6-7,9H2,1H3;1H. The number of fused-ring (bicyclic) bond motifs is 1. The van der Waals surface area contributed by atoms with Gasteiger partial charge >= 0.3 is 5.63 Å². The van der Waals surface area contributed by atoms with Gasteiger partial charge in [-0.3, -0.25) is 0 Å². The fourth-order valence-electron chi connectivity index (χ4n) is 2.63. The second-order valence-electron chi connectivity index (χ2n) is 5.65. The fourth-order valence-corrected chi connectivity index (χ4v) is 4.01. The number of hydrogen-bond acceptors (Lipinski definition) is 5. The van der Waals surface area contributed by atoms with Crippen molar-refractivity contribution in [3.63, 3.8) is 0 Å². The minimum Gasteiger partial charge on any atom is -0.423 e. The van der Waals surface area contributed by atoms with E-state index in [1.807, 2.05) is 6.92 Å². The van der Waals surface area contributed by atoms with Crippen LogP contribution in [0.1, 0.15) is 13.3 Å². The van der Waals surface area contributed by atoms with Gasteiger partial charge in [0.05, 0.1) is 4.90 Å². The van der Waals surface area contributed by atoms with E-state index in [-0.39, 0.29) is 29.3 Å². The zero-order chi connectivity index (χ0) is 15.7. The minimum atomic E-state index is -3.60. The van der Waals surface area contributed by atoms with Crippen LogP contribution in [0.15, 0.2) is 44.4 Å². The second-order valence-corrected chi connectivity index (χ2v) is 7.37. The molecule has 2 heterocycles. The maximum Gasteiger partial charge on any atom is 0.336 e. The van der Waals surface area contributed by atoms with E-state index < -0.39 is 15.6 Å². The normalized spacial score (nSPS) is 21.8. The molecular weight excluding hydrogens is 340 g/mol. The van der Waals surface area contributed by atoms with Gasteiger partial charge in [0.25, 0.3) is 0 Å². The van der Waals surface area contributed by atoms with E-state index in [4.69, 9.17) is 4.42 Å². The Morgan fingerprint density at radius 1 is 1.26 bits per heavy atom. The number of benzene rings is 1. The first-order valence-electron chi connectivity index (χ1n) is 7.23. The van der Waals surface area contributed by atoms with Crippen LogP contribution >= 0.6 is 12.4 Å². The number of nitrogens with one attached hydrogen (secondary N) is 2. The maximum absolute atomic E-state index is 12.5. The molecule has 6 nitrogen and oxygen atoms in total. The fraction of sp³-hybridized carbons (Fsp3) is 0.400. The van der Waals surface area contributed by atoms with E-state index in [0.29, 0.717) is 17.5 Å². The van der Waals surface area contributed by atoms with Crippen molar-refractivity contribution in [3.8, 4) is 0 Å². The van der Waals surface area contributed by atoms with E-state index >= 15 is 0 Å². The van der Waals surface area contributed by atoms with Gasteiger partial charge in [-0.25, -0.2) is 17.9 Å². The number of sulfonamides is 1. The highest BCUT2D eigenvalue weighted by Crippen LogP contribution is 2.20. The van der Waals surface area contributed by atoms with Crippen LogP contribution < -0.4 is 15.7 Å². The Morgan fingerprint density at radius 2 is 2.04 bits per heavy atom. The van der Waals surface area contributed by atoms with Gasteiger partial charge in [-0.1, -0.05) is 6.92 Å². The minimum absolute atomic E-state index is 0. The van der Waals surface area contributed by atoms with Crippen molar-refractivity contribution in [2.75, 3.05) is 13.1 Å². The van der Waals surface area contributed by atoms with Crippen molar-refractivity contribution in [1.29, 1.82) is 0 Å². The third kappa shape index (κ3) is 3.92. The van der Waals surface area contributed by atoms with Gasteiger partial charge in [-0.05, 0) is 43.1 Å². The molecule has 0 saturated carbocycles. The summed E-state index contributed by atoms with van der Waals surface area (Å²) >= 11 is 0. The summed E-state index contributed by atoms with van der Waals surface area (Å²) in [6.45, 7) is 3.58. The summed E-state index contributed by atoms with van der Waals surface area (Å²) in [7, 11) is -3.60. The topological polar surface area (TPSA) is 88.4 Å². The van der Waals surface area contributed by atoms with Gasteiger partial charge in [-0.15, -0.1) is 12.4 Å². The molecule has 1 aliphatic heterocycles. The van der Waals surface area contributed by atoms with E-state index in [1.165, 1.54) is 24.3 Å². The van der Waals surface area contributed by atoms with Crippen LogP contribution in [0.4, 0.5) is 0 Å². The summed E-state index contributed by atoms with van der Waals surface area (Å²) in [5.74, 6) is 0.287. The molecule has 0 aliphatic carbocycles. The van der Waals surface area contributed by atoms with E-state index in [1.54, 1.807) is 6.07 Å². The number of halogens is 1. The zero-order valence-electron chi connectivity index (χ0n) is 12.6. The molecule has 0 amide bonds. The summed E-state index contributed by atoms with van der Waals surface area (Å²) in [5.41, 5.74) is -0.0810. The lowest BCUT2D eigenvalue weighted by Crippen LogP contribution is -2.50. The van der Waals surface area contributed by atoms with Crippen LogP contribution in [0.25, 0.3) is 11.0 Å². The smallest absolute Gasteiger partial charge is 0.336 e. The molecule has 1 aliphatic rings. The Morgan fingerprint density at radius 3 is 2.78 bits per heavy atom. The van der Waals surface area contributed by atoms with E-state index in [0.717, 1.165) is 13.0 Å². The average Bonchev–Trinajstić information content (AvgIpc) is 2.49. The molecule has 2 aromatic rings. The summed E-state index contributed by atoms with van der Waals surface area (Å²) < 4.78 is 32.8. The molecule has 23 heavy (non-hydrogen) atoms. The molecule has 0 spiro atoms. The third-order valence-electron chi connectivity index (χ3n) is 4.04. The third-order valence-corrected chi connectivity index (χ3v) is 5.52. The first-order chi connectivity index (χ1) is 10.5. The Balaban J connectivity index is 0.00000192. The lowest BCUT2D eigenvalue weighted by atomic mass is 9.96. The largest absolute Gasteiger partial charge is 0.423 e. The average molecular weight is 359 g/mol. The second kappa shape index (κ2) is 7.00. The summed E-state index contributed by atoms with van der Waals surface area (Å²) in [6, 6.07) is 7.19. The van der Waals surface area contributed by atoms with Crippen LogP contribution in [-0.4, -0.2) is 27.5 Å². The van der Waals surface area contributed by atoms with Crippen molar-refractivity contribution in [2.45, 2.75) is 24.3 Å². The van der Waals surface area contributed by atoms with Crippen LogP contribution in [0.3, 0.4) is 0 Å². The molecule has 1 saturated heterocycles.